The Morgan fingerprint density at radius 2 is 1.79 bits per heavy atom. The molecule has 0 aromatic heterocycles. The van der Waals surface area contributed by atoms with Crippen molar-refractivity contribution in [2.24, 2.45) is 5.92 Å². The number of ether oxygens (including phenoxy) is 4. The van der Waals surface area contributed by atoms with Gasteiger partial charge in [-0.15, -0.1) is 0 Å². The fraction of sp³-hybridized carbons (Fsp3) is 0.645. The number of methoxy groups -OCH3 is 1. The molecule has 2 saturated heterocycles. The van der Waals surface area contributed by atoms with E-state index in [2.05, 4.69) is 26.8 Å². The van der Waals surface area contributed by atoms with Gasteiger partial charge in [0.2, 0.25) is 0 Å². The average molecular weight is 543 g/mol. The summed E-state index contributed by atoms with van der Waals surface area (Å²) in [7, 11) is 1.68. The van der Waals surface area contributed by atoms with Crippen molar-refractivity contribution in [3.05, 3.63) is 47.0 Å². The van der Waals surface area contributed by atoms with E-state index in [1.165, 1.54) is 5.57 Å². The van der Waals surface area contributed by atoms with Crippen LogP contribution in [0.5, 0.6) is 0 Å². The first-order chi connectivity index (χ1) is 18.6. The van der Waals surface area contributed by atoms with E-state index in [1.807, 2.05) is 24.3 Å². The molecule has 2 aliphatic heterocycles. The van der Waals surface area contributed by atoms with Gasteiger partial charge < -0.3 is 24.1 Å². The van der Waals surface area contributed by atoms with Crippen LogP contribution in [-0.2, 0) is 46.2 Å². The predicted octanol–water partition coefficient (Wildman–Crippen LogP) is 4.61. The zero-order chi connectivity index (χ0) is 28.2. The summed E-state index contributed by atoms with van der Waals surface area (Å²) in [5.74, 6) is -1.12. The molecule has 39 heavy (non-hydrogen) atoms. The minimum absolute atomic E-state index is 0.00325. The molecular formula is C31H42O8. The lowest BCUT2D eigenvalue weighted by atomic mass is 9.68. The van der Waals surface area contributed by atoms with Crippen LogP contribution in [0.2, 0.25) is 0 Å². The molecule has 4 rings (SSSR count). The molecule has 3 aliphatic rings. The Morgan fingerprint density at radius 3 is 2.41 bits per heavy atom. The van der Waals surface area contributed by atoms with Gasteiger partial charge in [0.25, 0.3) is 0 Å². The first-order valence-electron chi connectivity index (χ1n) is 14.0. The monoisotopic (exact) mass is 542 g/mol. The number of ketones is 1. The highest BCUT2D eigenvalue weighted by Crippen LogP contribution is 2.59. The van der Waals surface area contributed by atoms with Crippen LogP contribution in [-0.4, -0.2) is 66.1 Å². The SMILES string of the molecule is CO[C@@H]1[C@H](OC(=O)CCc2ccc(CC(=O)CCCC(=O)O)cc2)CC[C@]2(CO2)[C@H]1[C@]1(C)O[C@@H]1CC=C(C)C. The van der Waals surface area contributed by atoms with Crippen LogP contribution in [0.15, 0.2) is 35.9 Å². The average Bonchev–Trinajstić information content (AvgIpc) is 3.80. The molecule has 0 unspecified atom stereocenters. The fourth-order valence-electron chi connectivity index (χ4n) is 6.12. The maximum absolute atomic E-state index is 12.9. The first-order valence-corrected chi connectivity index (χ1v) is 14.0. The minimum Gasteiger partial charge on any atom is -0.481 e. The fourth-order valence-corrected chi connectivity index (χ4v) is 6.12. The Bertz CT molecular complexity index is 1070. The highest BCUT2D eigenvalue weighted by molar-refractivity contribution is 5.81. The Balaban J connectivity index is 1.28. The number of Topliss-reactive ketones (excluding diaryl/α,β-unsaturated/α-hetero) is 1. The van der Waals surface area contributed by atoms with Crippen molar-refractivity contribution >= 4 is 17.7 Å². The summed E-state index contributed by atoms with van der Waals surface area (Å²) in [4.78, 5) is 35.5. The molecule has 1 aliphatic carbocycles. The number of hydrogen-bond acceptors (Lipinski definition) is 7. The van der Waals surface area contributed by atoms with Gasteiger partial charge in [0.05, 0.1) is 18.6 Å². The molecule has 1 N–H and O–H groups in total. The second-order valence-corrected chi connectivity index (χ2v) is 11.7. The normalized spacial score (nSPS) is 31.0. The standard InChI is InChI=1S/C31H42O8/c1-20(2)8-14-25-30(3,39-25)29-28(36-4)24(16-17-31(29)19-37-31)38-27(35)15-13-21-9-11-22(12-10-21)18-23(32)6-5-7-26(33)34/h8-12,24-25,28-29H,5-7,13-19H2,1-4H3,(H,33,34)/t24-,25-,28-,29-,30-,31+/m1/s1. The molecule has 1 saturated carbocycles. The lowest BCUT2D eigenvalue weighted by molar-refractivity contribution is -0.171. The maximum atomic E-state index is 12.9. The number of carboxylic acids is 1. The van der Waals surface area contributed by atoms with E-state index in [0.29, 0.717) is 25.9 Å². The summed E-state index contributed by atoms with van der Waals surface area (Å²) < 4.78 is 24.2. The quantitative estimate of drug-likeness (QED) is 0.206. The third-order valence-electron chi connectivity index (χ3n) is 8.41. The van der Waals surface area contributed by atoms with E-state index in [4.69, 9.17) is 24.1 Å². The number of hydrogen-bond donors (Lipinski definition) is 1. The number of allylic oxidation sites excluding steroid dienone is 1. The van der Waals surface area contributed by atoms with Gasteiger partial charge in [-0.3, -0.25) is 14.4 Å². The number of carboxylic acid groups (broad SMARTS) is 1. The number of rotatable bonds is 14. The molecular weight excluding hydrogens is 500 g/mol. The molecule has 1 aromatic rings. The van der Waals surface area contributed by atoms with E-state index >= 15 is 0 Å². The Labute approximate surface area is 231 Å². The Hall–Kier alpha value is -2.55. The summed E-state index contributed by atoms with van der Waals surface area (Å²) in [6.45, 7) is 6.99. The molecule has 8 nitrogen and oxygen atoms in total. The van der Waals surface area contributed by atoms with Crippen molar-refractivity contribution in [3.8, 4) is 0 Å². The molecule has 1 aromatic carbocycles. The van der Waals surface area contributed by atoms with Crippen LogP contribution in [0.25, 0.3) is 0 Å². The molecule has 1 spiro atoms. The molecule has 0 bridgehead atoms. The number of aliphatic carboxylic acids is 1. The van der Waals surface area contributed by atoms with Crippen LogP contribution >= 0.6 is 0 Å². The first kappa shape index (κ1) is 29.4. The lowest BCUT2D eigenvalue weighted by Crippen LogP contribution is -2.55. The second-order valence-electron chi connectivity index (χ2n) is 11.7. The third-order valence-corrected chi connectivity index (χ3v) is 8.41. The molecule has 214 valence electrons. The summed E-state index contributed by atoms with van der Waals surface area (Å²) in [5, 5.41) is 8.70. The van der Waals surface area contributed by atoms with Crippen LogP contribution in [0.3, 0.4) is 0 Å². The van der Waals surface area contributed by atoms with Crippen molar-refractivity contribution in [1.29, 1.82) is 0 Å². The minimum atomic E-state index is -0.887. The van der Waals surface area contributed by atoms with Crippen LogP contribution < -0.4 is 0 Å². The van der Waals surface area contributed by atoms with Crippen molar-refractivity contribution in [2.75, 3.05) is 13.7 Å². The number of epoxide rings is 2. The van der Waals surface area contributed by atoms with Gasteiger partial charge in [-0.2, -0.15) is 0 Å². The highest BCUT2D eigenvalue weighted by Gasteiger charge is 2.72. The highest BCUT2D eigenvalue weighted by atomic mass is 16.6. The van der Waals surface area contributed by atoms with Gasteiger partial charge in [-0.25, -0.2) is 0 Å². The zero-order valence-electron chi connectivity index (χ0n) is 23.6. The van der Waals surface area contributed by atoms with Gasteiger partial charge in [-0.05, 0) is 64.0 Å². The molecule has 2 heterocycles. The van der Waals surface area contributed by atoms with E-state index in [1.54, 1.807) is 7.11 Å². The number of carbonyl (C=O) groups excluding carboxylic acids is 2. The molecule has 3 fully saturated rings. The molecule has 0 amide bonds. The summed E-state index contributed by atoms with van der Waals surface area (Å²) in [5.41, 5.74) is 2.52. The van der Waals surface area contributed by atoms with Crippen molar-refractivity contribution in [1.82, 2.24) is 0 Å². The number of carbonyl (C=O) groups is 3. The van der Waals surface area contributed by atoms with Crippen molar-refractivity contribution < 1.29 is 38.4 Å². The van der Waals surface area contributed by atoms with Gasteiger partial charge in [-0.1, -0.05) is 35.9 Å². The van der Waals surface area contributed by atoms with E-state index < -0.39 is 5.97 Å². The van der Waals surface area contributed by atoms with Gasteiger partial charge in [0.15, 0.2) is 0 Å². The molecule has 8 heteroatoms. The summed E-state index contributed by atoms with van der Waals surface area (Å²) >= 11 is 0. The second kappa shape index (κ2) is 12.3. The van der Waals surface area contributed by atoms with Crippen LogP contribution in [0.1, 0.15) is 76.8 Å². The van der Waals surface area contributed by atoms with Crippen LogP contribution in [0.4, 0.5) is 0 Å². The van der Waals surface area contributed by atoms with Gasteiger partial charge in [0.1, 0.15) is 29.2 Å². The van der Waals surface area contributed by atoms with Gasteiger partial charge >= 0.3 is 11.9 Å². The van der Waals surface area contributed by atoms with E-state index in [9.17, 15) is 14.4 Å². The van der Waals surface area contributed by atoms with E-state index in [-0.39, 0.29) is 72.9 Å². The largest absolute Gasteiger partial charge is 0.481 e. The Kier molecular flexibility index (Phi) is 9.29. The van der Waals surface area contributed by atoms with E-state index in [0.717, 1.165) is 24.0 Å². The zero-order valence-corrected chi connectivity index (χ0v) is 23.6. The van der Waals surface area contributed by atoms with Crippen molar-refractivity contribution in [2.45, 2.75) is 108 Å². The predicted molar refractivity (Wildman–Crippen MR) is 144 cm³/mol. The number of benzene rings is 1. The summed E-state index contributed by atoms with van der Waals surface area (Å²) in [6, 6.07) is 7.63. The summed E-state index contributed by atoms with van der Waals surface area (Å²) in [6.07, 6.45) is 5.74. The maximum Gasteiger partial charge on any atom is 0.306 e. The third kappa shape index (κ3) is 7.35. The van der Waals surface area contributed by atoms with Crippen molar-refractivity contribution in [3.63, 3.8) is 0 Å². The smallest absolute Gasteiger partial charge is 0.306 e. The van der Waals surface area contributed by atoms with Crippen LogP contribution in [0, 0.1) is 5.92 Å². The Morgan fingerprint density at radius 1 is 1.10 bits per heavy atom. The molecule has 6 atom stereocenters. The lowest BCUT2D eigenvalue weighted by Gasteiger charge is -2.42. The molecule has 0 radical (unpaired) electrons. The van der Waals surface area contributed by atoms with Gasteiger partial charge in [0, 0.05) is 32.8 Å². The topological polar surface area (TPSA) is 115 Å². The number of aryl methyl sites for hydroxylation is 1. The number of esters is 1.